The van der Waals surface area contributed by atoms with Gasteiger partial charge in [0.1, 0.15) is 30.5 Å². The number of nitrogen functional groups attached to an aromatic ring is 1. The molecule has 21 heavy (non-hydrogen) atoms. The van der Waals surface area contributed by atoms with E-state index in [1.807, 2.05) is 43.3 Å². The van der Waals surface area contributed by atoms with Crippen LogP contribution in [-0.2, 0) is 0 Å². The smallest absolute Gasteiger partial charge is 0.145 e. The van der Waals surface area contributed by atoms with Gasteiger partial charge >= 0.3 is 0 Å². The lowest BCUT2D eigenvalue weighted by molar-refractivity contribution is 0.217. The standard InChI is InChI=1S/C16H18BrNO3/c1-11-9-12(17)10-15(18)16(11)21-8-7-20-14-5-3-13(19-2)4-6-14/h3-6,9-10H,7-8,18H2,1-2H3. The van der Waals surface area contributed by atoms with Gasteiger partial charge < -0.3 is 19.9 Å². The summed E-state index contributed by atoms with van der Waals surface area (Å²) < 4.78 is 17.3. The van der Waals surface area contributed by atoms with Crippen molar-refractivity contribution in [3.63, 3.8) is 0 Å². The number of anilines is 1. The highest BCUT2D eigenvalue weighted by Crippen LogP contribution is 2.30. The van der Waals surface area contributed by atoms with E-state index in [0.29, 0.717) is 24.7 Å². The van der Waals surface area contributed by atoms with Crippen LogP contribution in [0.2, 0.25) is 0 Å². The van der Waals surface area contributed by atoms with Crippen LogP contribution in [0.1, 0.15) is 5.56 Å². The molecule has 0 heterocycles. The van der Waals surface area contributed by atoms with Crippen LogP contribution in [0.15, 0.2) is 40.9 Å². The molecular weight excluding hydrogens is 334 g/mol. The van der Waals surface area contributed by atoms with Crippen molar-refractivity contribution in [3.05, 3.63) is 46.4 Å². The van der Waals surface area contributed by atoms with Crippen LogP contribution in [0.25, 0.3) is 0 Å². The first-order chi connectivity index (χ1) is 10.1. The molecule has 0 bridgehead atoms. The summed E-state index contributed by atoms with van der Waals surface area (Å²) >= 11 is 3.40. The average Bonchev–Trinajstić information content (AvgIpc) is 2.46. The van der Waals surface area contributed by atoms with Crippen molar-refractivity contribution in [1.82, 2.24) is 0 Å². The lowest BCUT2D eigenvalue weighted by Gasteiger charge is -2.13. The van der Waals surface area contributed by atoms with Gasteiger partial charge in [-0.25, -0.2) is 0 Å². The van der Waals surface area contributed by atoms with Crippen LogP contribution < -0.4 is 19.9 Å². The van der Waals surface area contributed by atoms with Crippen LogP contribution in [0.5, 0.6) is 17.2 Å². The van der Waals surface area contributed by atoms with Crippen LogP contribution in [0.3, 0.4) is 0 Å². The van der Waals surface area contributed by atoms with Gasteiger partial charge in [-0.3, -0.25) is 0 Å². The Morgan fingerprint density at radius 1 is 1.00 bits per heavy atom. The van der Waals surface area contributed by atoms with E-state index >= 15 is 0 Å². The summed E-state index contributed by atoms with van der Waals surface area (Å²) in [4.78, 5) is 0. The molecule has 0 radical (unpaired) electrons. The third kappa shape index (κ3) is 4.29. The molecule has 5 heteroatoms. The summed E-state index contributed by atoms with van der Waals surface area (Å²) in [5.41, 5.74) is 7.55. The average molecular weight is 352 g/mol. The van der Waals surface area contributed by atoms with Crippen molar-refractivity contribution in [2.75, 3.05) is 26.1 Å². The van der Waals surface area contributed by atoms with Crippen LogP contribution in [-0.4, -0.2) is 20.3 Å². The Morgan fingerprint density at radius 3 is 2.24 bits per heavy atom. The zero-order valence-corrected chi connectivity index (χ0v) is 13.6. The first-order valence-electron chi connectivity index (χ1n) is 6.55. The predicted octanol–water partition coefficient (Wildman–Crippen LogP) is 3.81. The van der Waals surface area contributed by atoms with Crippen molar-refractivity contribution >= 4 is 21.6 Å². The second kappa shape index (κ2) is 7.22. The number of hydrogen-bond donors (Lipinski definition) is 1. The maximum absolute atomic E-state index is 5.94. The fourth-order valence-electron chi connectivity index (χ4n) is 1.93. The summed E-state index contributed by atoms with van der Waals surface area (Å²) in [5.74, 6) is 2.29. The molecule has 0 saturated carbocycles. The minimum absolute atomic E-state index is 0.429. The van der Waals surface area contributed by atoms with E-state index in [0.717, 1.165) is 21.5 Å². The molecule has 0 amide bonds. The van der Waals surface area contributed by atoms with Crippen LogP contribution in [0.4, 0.5) is 5.69 Å². The Labute approximate surface area is 132 Å². The summed E-state index contributed by atoms with van der Waals surface area (Å²) in [6.07, 6.45) is 0. The highest BCUT2D eigenvalue weighted by atomic mass is 79.9. The van der Waals surface area contributed by atoms with E-state index in [4.69, 9.17) is 19.9 Å². The monoisotopic (exact) mass is 351 g/mol. The molecule has 2 rings (SSSR count). The molecule has 0 saturated heterocycles. The van der Waals surface area contributed by atoms with E-state index < -0.39 is 0 Å². The molecule has 0 aliphatic rings. The number of hydrogen-bond acceptors (Lipinski definition) is 4. The first kappa shape index (κ1) is 15.5. The molecule has 0 aromatic heterocycles. The van der Waals surface area contributed by atoms with Crippen molar-refractivity contribution in [1.29, 1.82) is 0 Å². The molecular formula is C16H18BrNO3. The van der Waals surface area contributed by atoms with Gasteiger partial charge in [0, 0.05) is 4.47 Å². The van der Waals surface area contributed by atoms with E-state index in [-0.39, 0.29) is 0 Å². The van der Waals surface area contributed by atoms with Gasteiger partial charge in [0.15, 0.2) is 0 Å². The molecule has 0 atom stereocenters. The van der Waals surface area contributed by atoms with Crippen LogP contribution >= 0.6 is 15.9 Å². The number of methoxy groups -OCH3 is 1. The SMILES string of the molecule is COc1ccc(OCCOc2c(C)cc(Br)cc2N)cc1. The van der Waals surface area contributed by atoms with Crippen molar-refractivity contribution in [2.45, 2.75) is 6.92 Å². The summed E-state index contributed by atoms with van der Waals surface area (Å²) in [7, 11) is 1.63. The highest BCUT2D eigenvalue weighted by Gasteiger charge is 2.06. The number of nitrogens with two attached hydrogens (primary N) is 1. The summed E-state index contributed by atoms with van der Waals surface area (Å²) in [6, 6.07) is 11.2. The van der Waals surface area contributed by atoms with E-state index in [1.165, 1.54) is 0 Å². The van der Waals surface area contributed by atoms with Crippen molar-refractivity contribution in [2.24, 2.45) is 0 Å². The third-order valence-electron chi connectivity index (χ3n) is 2.93. The highest BCUT2D eigenvalue weighted by molar-refractivity contribution is 9.10. The van der Waals surface area contributed by atoms with Crippen LogP contribution in [0, 0.1) is 6.92 Å². The quantitative estimate of drug-likeness (QED) is 0.635. The minimum Gasteiger partial charge on any atom is -0.497 e. The zero-order chi connectivity index (χ0) is 15.2. The maximum atomic E-state index is 5.94. The Bertz CT molecular complexity index is 576. The van der Waals surface area contributed by atoms with E-state index in [9.17, 15) is 0 Å². The molecule has 0 spiro atoms. The molecule has 112 valence electrons. The Balaban J connectivity index is 1.84. The largest absolute Gasteiger partial charge is 0.497 e. The normalized spacial score (nSPS) is 10.2. The van der Waals surface area contributed by atoms with Crippen molar-refractivity contribution < 1.29 is 14.2 Å². The number of rotatable bonds is 6. The van der Waals surface area contributed by atoms with Gasteiger partial charge in [0.05, 0.1) is 12.8 Å². The fraction of sp³-hybridized carbons (Fsp3) is 0.250. The van der Waals surface area contributed by atoms with Gasteiger partial charge in [-0.2, -0.15) is 0 Å². The predicted molar refractivity (Wildman–Crippen MR) is 87.3 cm³/mol. The molecule has 0 unspecified atom stereocenters. The second-order valence-corrected chi connectivity index (χ2v) is 5.43. The van der Waals surface area contributed by atoms with E-state index in [2.05, 4.69) is 15.9 Å². The summed E-state index contributed by atoms with van der Waals surface area (Å²) in [6.45, 7) is 2.83. The fourth-order valence-corrected chi connectivity index (χ4v) is 2.52. The van der Waals surface area contributed by atoms with Gasteiger partial charge in [-0.05, 0) is 48.9 Å². The van der Waals surface area contributed by atoms with Crippen molar-refractivity contribution in [3.8, 4) is 17.2 Å². The molecule has 2 aromatic rings. The Hall–Kier alpha value is -1.88. The molecule has 0 aliphatic heterocycles. The molecule has 4 nitrogen and oxygen atoms in total. The molecule has 0 fully saturated rings. The Morgan fingerprint density at radius 2 is 1.62 bits per heavy atom. The van der Waals surface area contributed by atoms with Gasteiger partial charge in [-0.15, -0.1) is 0 Å². The zero-order valence-electron chi connectivity index (χ0n) is 12.1. The lowest BCUT2D eigenvalue weighted by Crippen LogP contribution is -2.10. The number of ether oxygens (including phenoxy) is 3. The topological polar surface area (TPSA) is 53.7 Å². The number of benzene rings is 2. The second-order valence-electron chi connectivity index (χ2n) is 4.51. The molecule has 2 N–H and O–H groups in total. The summed E-state index contributed by atoms with van der Waals surface area (Å²) in [5, 5.41) is 0. The van der Waals surface area contributed by atoms with Gasteiger partial charge in [0.2, 0.25) is 0 Å². The molecule has 0 aliphatic carbocycles. The third-order valence-corrected chi connectivity index (χ3v) is 3.38. The van der Waals surface area contributed by atoms with Gasteiger partial charge in [0.25, 0.3) is 0 Å². The number of halogens is 1. The molecule has 2 aromatic carbocycles. The Kier molecular flexibility index (Phi) is 5.33. The van der Waals surface area contributed by atoms with Gasteiger partial charge in [-0.1, -0.05) is 15.9 Å². The first-order valence-corrected chi connectivity index (χ1v) is 7.34. The number of aryl methyl sites for hydroxylation is 1. The minimum atomic E-state index is 0.429. The maximum Gasteiger partial charge on any atom is 0.145 e. The van der Waals surface area contributed by atoms with E-state index in [1.54, 1.807) is 7.11 Å². The lowest BCUT2D eigenvalue weighted by atomic mass is 10.2.